The van der Waals surface area contributed by atoms with Gasteiger partial charge in [-0.1, -0.05) is 55.2 Å². The van der Waals surface area contributed by atoms with Gasteiger partial charge in [0.25, 0.3) is 0 Å². The van der Waals surface area contributed by atoms with E-state index in [-0.39, 0.29) is 5.91 Å². The molecule has 0 radical (unpaired) electrons. The van der Waals surface area contributed by atoms with Crippen LogP contribution in [0.2, 0.25) is 0 Å². The van der Waals surface area contributed by atoms with Crippen molar-refractivity contribution in [2.75, 3.05) is 11.0 Å². The first-order valence-electron chi connectivity index (χ1n) is 6.14. The zero-order valence-corrected chi connectivity index (χ0v) is 12.0. The number of amides is 1. The van der Waals surface area contributed by atoms with Crippen LogP contribution in [-0.2, 0) is 4.79 Å². The van der Waals surface area contributed by atoms with Crippen LogP contribution in [-0.4, -0.2) is 16.9 Å². The minimum atomic E-state index is 0.234. The van der Waals surface area contributed by atoms with Crippen LogP contribution in [0.25, 0.3) is 0 Å². The summed E-state index contributed by atoms with van der Waals surface area (Å²) in [5.74, 6) is 0.234. The molecule has 0 aromatic carbocycles. The maximum Gasteiger partial charge on any atom is 0.219 e. The maximum atomic E-state index is 11.3. The highest BCUT2D eigenvalue weighted by atomic mass is 127. The van der Waals surface area contributed by atoms with E-state index in [1.165, 1.54) is 36.5 Å². The Hall–Kier alpha value is 0.200. The second-order valence-corrected chi connectivity index (χ2v) is 4.99. The van der Waals surface area contributed by atoms with Crippen LogP contribution in [0.5, 0.6) is 0 Å². The molecule has 0 aromatic rings. The van der Waals surface area contributed by atoms with Gasteiger partial charge < -0.3 is 5.32 Å². The van der Waals surface area contributed by atoms with E-state index in [0.717, 1.165) is 19.4 Å². The Kier molecular flexibility index (Phi) is 12.4. The number of unbranched alkanes of at least 4 members (excludes halogenated alkanes) is 5. The predicted molar refractivity (Wildman–Crippen MR) is 74.5 cm³/mol. The zero-order chi connectivity index (χ0) is 11.4. The molecule has 3 heteroatoms. The van der Waals surface area contributed by atoms with Crippen LogP contribution in [0, 0.1) is 0 Å². The molecule has 90 valence electrons. The third-order valence-electron chi connectivity index (χ3n) is 2.39. The van der Waals surface area contributed by atoms with Crippen LogP contribution in [0.3, 0.4) is 0 Å². The maximum absolute atomic E-state index is 11.3. The molecule has 1 amide bonds. The topological polar surface area (TPSA) is 29.1 Å². The molecule has 2 nitrogen and oxygen atoms in total. The molecule has 0 aliphatic rings. The fourth-order valence-electron chi connectivity index (χ4n) is 1.42. The van der Waals surface area contributed by atoms with Crippen LogP contribution in [0.4, 0.5) is 0 Å². The average molecular weight is 325 g/mol. The van der Waals surface area contributed by atoms with Gasteiger partial charge in [-0.05, 0) is 23.7 Å². The second kappa shape index (κ2) is 12.3. The monoisotopic (exact) mass is 325 g/mol. The number of alkyl halides is 1. The average Bonchev–Trinajstić information content (AvgIpc) is 2.23. The minimum absolute atomic E-state index is 0.234. The Bertz CT molecular complexity index is 151. The second-order valence-electron chi connectivity index (χ2n) is 3.91. The number of hydrogen-bond donors (Lipinski definition) is 1. The number of hydrogen-bond acceptors (Lipinski definition) is 1. The normalized spacial score (nSPS) is 10.3. The Labute approximate surface area is 108 Å². The van der Waals surface area contributed by atoms with Crippen molar-refractivity contribution in [1.29, 1.82) is 0 Å². The molecular formula is C12H24INO. The van der Waals surface area contributed by atoms with Crippen molar-refractivity contribution in [2.45, 2.75) is 58.3 Å². The van der Waals surface area contributed by atoms with Gasteiger partial charge in [0.1, 0.15) is 0 Å². The molecule has 0 spiro atoms. The van der Waals surface area contributed by atoms with Crippen LogP contribution in [0.1, 0.15) is 58.3 Å². The summed E-state index contributed by atoms with van der Waals surface area (Å²) in [4.78, 5) is 11.3. The Morgan fingerprint density at radius 2 is 1.80 bits per heavy atom. The lowest BCUT2D eigenvalue weighted by atomic mass is 10.2. The molecule has 0 aliphatic carbocycles. The van der Waals surface area contributed by atoms with Crippen molar-refractivity contribution >= 4 is 28.5 Å². The van der Waals surface area contributed by atoms with Crippen molar-refractivity contribution in [3.05, 3.63) is 0 Å². The van der Waals surface area contributed by atoms with Gasteiger partial charge in [-0.25, -0.2) is 0 Å². The Morgan fingerprint density at radius 1 is 1.07 bits per heavy atom. The van der Waals surface area contributed by atoms with Crippen molar-refractivity contribution in [3.8, 4) is 0 Å². The van der Waals surface area contributed by atoms with Crippen LogP contribution in [0.15, 0.2) is 0 Å². The van der Waals surface area contributed by atoms with Crippen molar-refractivity contribution < 1.29 is 4.79 Å². The Morgan fingerprint density at radius 3 is 2.47 bits per heavy atom. The molecule has 0 rings (SSSR count). The van der Waals surface area contributed by atoms with Gasteiger partial charge in [-0.2, -0.15) is 0 Å². The van der Waals surface area contributed by atoms with Gasteiger partial charge in [0.05, 0.1) is 0 Å². The largest absolute Gasteiger partial charge is 0.356 e. The summed E-state index contributed by atoms with van der Waals surface area (Å²) < 4.78 is 1.25. The number of rotatable bonds is 10. The standard InChI is InChI=1S/C12H24INO/c1-2-3-6-9-12(15)14-11-8-5-4-7-10-13/h2-11H2,1H3,(H,14,15). The first-order valence-corrected chi connectivity index (χ1v) is 7.66. The summed E-state index contributed by atoms with van der Waals surface area (Å²) in [5, 5.41) is 2.98. The van der Waals surface area contributed by atoms with Gasteiger partial charge in [-0.15, -0.1) is 0 Å². The quantitative estimate of drug-likeness (QED) is 0.371. The first kappa shape index (κ1) is 15.2. The van der Waals surface area contributed by atoms with E-state index in [9.17, 15) is 4.79 Å². The fourth-order valence-corrected chi connectivity index (χ4v) is 1.96. The third kappa shape index (κ3) is 12.1. The van der Waals surface area contributed by atoms with Gasteiger partial charge in [-0.3, -0.25) is 4.79 Å². The molecule has 0 bridgehead atoms. The molecule has 0 fully saturated rings. The van der Waals surface area contributed by atoms with Crippen molar-refractivity contribution in [2.24, 2.45) is 0 Å². The van der Waals surface area contributed by atoms with E-state index >= 15 is 0 Å². The van der Waals surface area contributed by atoms with Gasteiger partial charge in [0.15, 0.2) is 0 Å². The molecule has 0 unspecified atom stereocenters. The van der Waals surface area contributed by atoms with Gasteiger partial charge in [0, 0.05) is 13.0 Å². The van der Waals surface area contributed by atoms with Gasteiger partial charge in [0.2, 0.25) is 5.91 Å². The fraction of sp³-hybridized carbons (Fsp3) is 0.917. The van der Waals surface area contributed by atoms with E-state index < -0.39 is 0 Å². The number of carbonyl (C=O) groups excluding carboxylic acids is 1. The summed E-state index contributed by atoms with van der Waals surface area (Å²) in [6.45, 7) is 3.03. The highest BCUT2D eigenvalue weighted by molar-refractivity contribution is 14.1. The van der Waals surface area contributed by atoms with Gasteiger partial charge >= 0.3 is 0 Å². The summed E-state index contributed by atoms with van der Waals surface area (Å²) in [6.07, 6.45) is 9.10. The smallest absolute Gasteiger partial charge is 0.219 e. The molecular weight excluding hydrogens is 301 g/mol. The molecule has 0 saturated carbocycles. The summed E-state index contributed by atoms with van der Waals surface area (Å²) in [6, 6.07) is 0. The summed E-state index contributed by atoms with van der Waals surface area (Å²) >= 11 is 2.41. The third-order valence-corrected chi connectivity index (χ3v) is 3.15. The highest BCUT2D eigenvalue weighted by Crippen LogP contribution is 2.02. The van der Waals surface area contributed by atoms with E-state index in [1.54, 1.807) is 0 Å². The van der Waals surface area contributed by atoms with E-state index in [1.807, 2.05) is 0 Å². The predicted octanol–water partition coefficient (Wildman–Crippen LogP) is 3.68. The van der Waals surface area contributed by atoms with Crippen molar-refractivity contribution in [1.82, 2.24) is 5.32 Å². The molecule has 15 heavy (non-hydrogen) atoms. The van der Waals surface area contributed by atoms with E-state index in [4.69, 9.17) is 0 Å². The van der Waals surface area contributed by atoms with Crippen LogP contribution >= 0.6 is 22.6 Å². The highest BCUT2D eigenvalue weighted by Gasteiger charge is 1.99. The first-order chi connectivity index (χ1) is 7.31. The molecule has 0 heterocycles. The minimum Gasteiger partial charge on any atom is -0.356 e. The molecule has 0 aromatic heterocycles. The molecule has 0 saturated heterocycles. The van der Waals surface area contributed by atoms with Crippen LogP contribution < -0.4 is 5.32 Å². The molecule has 0 atom stereocenters. The summed E-state index contributed by atoms with van der Waals surface area (Å²) in [7, 11) is 0. The number of halogens is 1. The lowest BCUT2D eigenvalue weighted by Gasteiger charge is -2.04. The molecule has 0 aliphatic heterocycles. The van der Waals surface area contributed by atoms with E-state index in [2.05, 4.69) is 34.8 Å². The SMILES string of the molecule is CCCCCC(=O)NCCCCCCI. The lowest BCUT2D eigenvalue weighted by molar-refractivity contribution is -0.121. The van der Waals surface area contributed by atoms with Crippen molar-refractivity contribution in [3.63, 3.8) is 0 Å². The lowest BCUT2D eigenvalue weighted by Crippen LogP contribution is -2.23. The number of nitrogens with one attached hydrogen (secondary N) is 1. The zero-order valence-electron chi connectivity index (χ0n) is 9.86. The molecule has 1 N–H and O–H groups in total. The summed E-state index contributed by atoms with van der Waals surface area (Å²) in [5.41, 5.74) is 0. The Balaban J connectivity index is 3.10. The number of carbonyl (C=O) groups is 1. The van der Waals surface area contributed by atoms with E-state index in [0.29, 0.717) is 6.42 Å².